The summed E-state index contributed by atoms with van der Waals surface area (Å²) in [6.07, 6.45) is 2.15. The predicted molar refractivity (Wildman–Crippen MR) is 109 cm³/mol. The van der Waals surface area contributed by atoms with E-state index in [1.807, 2.05) is 30.3 Å². The van der Waals surface area contributed by atoms with Crippen LogP contribution in [-0.2, 0) is 21.2 Å². The van der Waals surface area contributed by atoms with Gasteiger partial charge in [-0.05, 0) is 42.3 Å². The fourth-order valence-electron chi connectivity index (χ4n) is 3.32. The van der Waals surface area contributed by atoms with Crippen LogP contribution < -0.4 is 9.62 Å². The lowest BCUT2D eigenvalue weighted by molar-refractivity contribution is -0.116. The zero-order valence-electron chi connectivity index (χ0n) is 15.3. The SMILES string of the molecule is CC(=O)N1CCc2cc(S(=O)(=O)Nc3ccc(-c4ccccc4)nc3)ccc21. The van der Waals surface area contributed by atoms with Gasteiger partial charge in [0, 0.05) is 24.7 Å². The maximum Gasteiger partial charge on any atom is 0.261 e. The zero-order valence-corrected chi connectivity index (χ0v) is 16.1. The highest BCUT2D eigenvalue weighted by Gasteiger charge is 2.24. The normalized spacial score (nSPS) is 13.2. The Morgan fingerprint density at radius 3 is 2.54 bits per heavy atom. The first-order valence-corrected chi connectivity index (χ1v) is 10.4. The van der Waals surface area contributed by atoms with Gasteiger partial charge in [0.25, 0.3) is 10.0 Å². The highest BCUT2D eigenvalue weighted by atomic mass is 32.2. The molecule has 2 heterocycles. The van der Waals surface area contributed by atoms with Crippen LogP contribution in [0.2, 0.25) is 0 Å². The van der Waals surface area contributed by atoms with Gasteiger partial charge in [0.1, 0.15) is 0 Å². The monoisotopic (exact) mass is 393 g/mol. The molecule has 2 aromatic carbocycles. The van der Waals surface area contributed by atoms with Crippen LogP contribution in [0.5, 0.6) is 0 Å². The molecule has 7 heteroatoms. The van der Waals surface area contributed by atoms with Crippen molar-refractivity contribution in [2.75, 3.05) is 16.2 Å². The number of carbonyl (C=O) groups excluding carboxylic acids is 1. The molecule has 1 amide bonds. The van der Waals surface area contributed by atoms with E-state index >= 15 is 0 Å². The second-order valence-corrected chi connectivity index (χ2v) is 8.30. The number of anilines is 2. The fraction of sp³-hybridized carbons (Fsp3) is 0.143. The highest BCUT2D eigenvalue weighted by Crippen LogP contribution is 2.31. The molecule has 0 bridgehead atoms. The molecule has 0 saturated heterocycles. The van der Waals surface area contributed by atoms with E-state index < -0.39 is 10.0 Å². The maximum atomic E-state index is 12.8. The van der Waals surface area contributed by atoms with Crippen molar-refractivity contribution in [3.63, 3.8) is 0 Å². The largest absolute Gasteiger partial charge is 0.312 e. The Balaban J connectivity index is 1.56. The predicted octanol–water partition coefficient (Wildman–Crippen LogP) is 3.46. The van der Waals surface area contributed by atoms with E-state index in [9.17, 15) is 13.2 Å². The Labute approximate surface area is 163 Å². The van der Waals surface area contributed by atoms with Crippen molar-refractivity contribution in [1.29, 1.82) is 0 Å². The number of rotatable bonds is 4. The Morgan fingerprint density at radius 2 is 1.86 bits per heavy atom. The average Bonchev–Trinajstić information content (AvgIpc) is 3.12. The van der Waals surface area contributed by atoms with E-state index in [2.05, 4.69) is 9.71 Å². The van der Waals surface area contributed by atoms with Crippen molar-refractivity contribution in [2.24, 2.45) is 0 Å². The summed E-state index contributed by atoms with van der Waals surface area (Å²) in [5.41, 5.74) is 3.76. The lowest BCUT2D eigenvalue weighted by Gasteiger charge is -2.15. The number of fused-ring (bicyclic) bond motifs is 1. The molecule has 0 spiro atoms. The minimum atomic E-state index is -3.74. The van der Waals surface area contributed by atoms with Crippen LogP contribution in [-0.4, -0.2) is 25.9 Å². The number of carbonyl (C=O) groups is 1. The van der Waals surface area contributed by atoms with Crippen LogP contribution in [0.15, 0.2) is 71.8 Å². The summed E-state index contributed by atoms with van der Waals surface area (Å²) in [5, 5.41) is 0. The highest BCUT2D eigenvalue weighted by molar-refractivity contribution is 7.92. The lowest BCUT2D eigenvalue weighted by Crippen LogP contribution is -2.25. The number of hydrogen-bond acceptors (Lipinski definition) is 4. The van der Waals surface area contributed by atoms with Gasteiger partial charge in [0.15, 0.2) is 0 Å². The molecule has 1 aliphatic rings. The average molecular weight is 393 g/mol. The molecular weight excluding hydrogens is 374 g/mol. The van der Waals surface area contributed by atoms with Gasteiger partial charge in [-0.3, -0.25) is 14.5 Å². The molecular formula is C21H19N3O3S. The second kappa shape index (κ2) is 7.09. The van der Waals surface area contributed by atoms with Crippen molar-refractivity contribution in [3.8, 4) is 11.3 Å². The van der Waals surface area contributed by atoms with E-state index in [-0.39, 0.29) is 10.8 Å². The van der Waals surface area contributed by atoms with E-state index in [0.717, 1.165) is 22.5 Å². The topological polar surface area (TPSA) is 79.4 Å². The lowest BCUT2D eigenvalue weighted by atomic mass is 10.1. The Bertz CT molecular complexity index is 1130. The number of benzene rings is 2. The molecule has 0 radical (unpaired) electrons. The summed E-state index contributed by atoms with van der Waals surface area (Å²) >= 11 is 0. The third-order valence-electron chi connectivity index (χ3n) is 4.72. The smallest absolute Gasteiger partial charge is 0.261 e. The number of hydrogen-bond donors (Lipinski definition) is 1. The number of nitrogens with zero attached hydrogens (tertiary/aromatic N) is 2. The van der Waals surface area contributed by atoms with Gasteiger partial charge in [-0.15, -0.1) is 0 Å². The van der Waals surface area contributed by atoms with Gasteiger partial charge < -0.3 is 4.90 Å². The van der Waals surface area contributed by atoms with Crippen LogP contribution in [0.1, 0.15) is 12.5 Å². The molecule has 3 aromatic rings. The molecule has 0 fully saturated rings. The Hall–Kier alpha value is -3.19. The molecule has 0 saturated carbocycles. The zero-order chi connectivity index (χ0) is 19.7. The summed E-state index contributed by atoms with van der Waals surface area (Å²) in [6, 6.07) is 18.0. The minimum absolute atomic E-state index is 0.0444. The van der Waals surface area contributed by atoms with Crippen molar-refractivity contribution < 1.29 is 13.2 Å². The second-order valence-electron chi connectivity index (χ2n) is 6.61. The first-order valence-electron chi connectivity index (χ1n) is 8.89. The van der Waals surface area contributed by atoms with E-state index in [1.165, 1.54) is 19.2 Å². The number of amides is 1. The van der Waals surface area contributed by atoms with Gasteiger partial charge in [-0.25, -0.2) is 8.42 Å². The van der Waals surface area contributed by atoms with Crippen LogP contribution >= 0.6 is 0 Å². The summed E-state index contributed by atoms with van der Waals surface area (Å²) in [7, 11) is -3.74. The van der Waals surface area contributed by atoms with E-state index in [4.69, 9.17) is 0 Å². The van der Waals surface area contributed by atoms with Crippen molar-refractivity contribution in [1.82, 2.24) is 4.98 Å². The van der Waals surface area contributed by atoms with E-state index in [0.29, 0.717) is 18.7 Å². The van der Waals surface area contributed by atoms with Gasteiger partial charge in [0.05, 0.1) is 22.5 Å². The quantitative estimate of drug-likeness (QED) is 0.736. The molecule has 28 heavy (non-hydrogen) atoms. The Kier molecular flexibility index (Phi) is 4.60. The third kappa shape index (κ3) is 3.48. The van der Waals surface area contributed by atoms with Crippen LogP contribution in [0, 0.1) is 0 Å². The van der Waals surface area contributed by atoms with Gasteiger partial charge >= 0.3 is 0 Å². The van der Waals surface area contributed by atoms with Crippen molar-refractivity contribution in [2.45, 2.75) is 18.2 Å². The molecule has 0 atom stereocenters. The molecule has 0 aliphatic carbocycles. The summed E-state index contributed by atoms with van der Waals surface area (Å²) < 4.78 is 28.1. The summed E-state index contributed by atoms with van der Waals surface area (Å²) in [5.74, 6) is -0.0444. The molecule has 1 aliphatic heterocycles. The first kappa shape index (κ1) is 18.2. The molecule has 4 rings (SSSR count). The van der Waals surface area contributed by atoms with Crippen LogP contribution in [0.25, 0.3) is 11.3 Å². The molecule has 1 aromatic heterocycles. The van der Waals surface area contributed by atoms with E-state index in [1.54, 1.807) is 29.2 Å². The van der Waals surface area contributed by atoms with Crippen molar-refractivity contribution in [3.05, 3.63) is 72.4 Å². The number of sulfonamides is 1. The Morgan fingerprint density at radius 1 is 1.07 bits per heavy atom. The number of aromatic nitrogens is 1. The van der Waals surface area contributed by atoms with Crippen molar-refractivity contribution >= 4 is 27.3 Å². The number of nitrogens with one attached hydrogen (secondary N) is 1. The summed E-state index contributed by atoms with van der Waals surface area (Å²) in [6.45, 7) is 2.08. The molecule has 142 valence electrons. The van der Waals surface area contributed by atoms with Gasteiger partial charge in [0.2, 0.25) is 5.91 Å². The van der Waals surface area contributed by atoms with Gasteiger partial charge in [-0.1, -0.05) is 30.3 Å². The first-order chi connectivity index (χ1) is 13.4. The minimum Gasteiger partial charge on any atom is -0.312 e. The number of pyridine rings is 1. The summed E-state index contributed by atoms with van der Waals surface area (Å²) in [4.78, 5) is 17.8. The van der Waals surface area contributed by atoms with Crippen LogP contribution in [0.3, 0.4) is 0 Å². The molecule has 6 nitrogen and oxygen atoms in total. The molecule has 0 unspecified atom stereocenters. The van der Waals surface area contributed by atoms with Crippen LogP contribution in [0.4, 0.5) is 11.4 Å². The standard InChI is InChI=1S/C21H19N3O3S/c1-15(25)24-12-11-17-13-19(8-10-21(17)24)28(26,27)23-18-7-9-20(22-14-18)16-5-3-2-4-6-16/h2-10,13-14,23H,11-12H2,1H3. The maximum absolute atomic E-state index is 12.8. The van der Waals surface area contributed by atoms with Gasteiger partial charge in [-0.2, -0.15) is 0 Å². The fourth-order valence-corrected chi connectivity index (χ4v) is 4.41. The third-order valence-corrected chi connectivity index (χ3v) is 6.10. The molecule has 1 N–H and O–H groups in total.